The van der Waals surface area contributed by atoms with Crippen molar-refractivity contribution in [1.29, 1.82) is 0 Å². The van der Waals surface area contributed by atoms with Gasteiger partial charge < -0.3 is 10.1 Å². The zero-order chi connectivity index (χ0) is 25.8. The van der Waals surface area contributed by atoms with Crippen molar-refractivity contribution in [1.82, 2.24) is 15.3 Å². The van der Waals surface area contributed by atoms with Gasteiger partial charge in [0.1, 0.15) is 6.33 Å². The van der Waals surface area contributed by atoms with Crippen LogP contribution in [-0.2, 0) is 17.4 Å². The lowest BCUT2D eigenvalue weighted by atomic mass is 9.85. The lowest BCUT2D eigenvalue weighted by Crippen LogP contribution is -2.51. The summed E-state index contributed by atoms with van der Waals surface area (Å²) in [4.78, 5) is 20.1. The fourth-order valence-corrected chi connectivity index (χ4v) is 3.82. The number of ether oxygens (including phenoxy) is 1. The highest BCUT2D eigenvalue weighted by molar-refractivity contribution is 6.30. The van der Waals surface area contributed by atoms with Crippen molar-refractivity contribution in [3.05, 3.63) is 88.3 Å². The minimum Gasteiger partial charge on any atom is -0.461 e. The van der Waals surface area contributed by atoms with Crippen LogP contribution in [-0.4, -0.2) is 27.5 Å². The molecule has 9 heteroatoms. The Balaban J connectivity index is 1.79. The SMILES string of the molecule is Cc1cccc(C(Cc2ccc(Cl)cc2)C(C)NC(=O)C(C)(C)Oc2cc(C(F)(F)F)ncn2)c1. The summed E-state index contributed by atoms with van der Waals surface area (Å²) < 4.78 is 44.5. The molecule has 1 N–H and O–H groups in total. The van der Waals surface area contributed by atoms with Crippen molar-refractivity contribution >= 4 is 17.5 Å². The highest BCUT2D eigenvalue weighted by atomic mass is 35.5. The first-order valence-corrected chi connectivity index (χ1v) is 11.4. The second-order valence-corrected chi connectivity index (χ2v) is 9.40. The summed E-state index contributed by atoms with van der Waals surface area (Å²) in [6.07, 6.45) is -3.25. The van der Waals surface area contributed by atoms with Gasteiger partial charge in [-0.3, -0.25) is 4.79 Å². The van der Waals surface area contributed by atoms with E-state index in [1.54, 1.807) is 0 Å². The monoisotopic (exact) mass is 505 g/mol. The minimum absolute atomic E-state index is 0.0771. The van der Waals surface area contributed by atoms with Crippen LogP contribution in [0.1, 0.15) is 49.1 Å². The third kappa shape index (κ3) is 7.18. The van der Waals surface area contributed by atoms with Gasteiger partial charge in [0.2, 0.25) is 5.88 Å². The quantitative estimate of drug-likeness (QED) is 0.399. The normalized spacial score (nSPS) is 13.7. The van der Waals surface area contributed by atoms with Crippen LogP contribution in [0, 0.1) is 6.92 Å². The maximum Gasteiger partial charge on any atom is 0.433 e. The van der Waals surface area contributed by atoms with Crippen molar-refractivity contribution in [2.75, 3.05) is 0 Å². The molecule has 3 aromatic rings. The van der Waals surface area contributed by atoms with Gasteiger partial charge in [-0.15, -0.1) is 0 Å². The van der Waals surface area contributed by atoms with Gasteiger partial charge in [0.25, 0.3) is 5.91 Å². The Morgan fingerprint density at radius 1 is 1.09 bits per heavy atom. The van der Waals surface area contributed by atoms with E-state index in [1.807, 2.05) is 56.3 Å². The second kappa shape index (κ2) is 10.6. The molecule has 0 aliphatic heterocycles. The molecule has 0 radical (unpaired) electrons. The summed E-state index contributed by atoms with van der Waals surface area (Å²) in [6, 6.07) is 15.9. The molecule has 0 aliphatic carbocycles. The first-order chi connectivity index (χ1) is 16.3. The summed E-state index contributed by atoms with van der Waals surface area (Å²) in [5, 5.41) is 3.62. The standard InChI is InChI=1S/C26H27ClF3N3O2/c1-16-6-5-7-19(12-16)21(13-18-8-10-20(27)11-9-18)17(2)33-24(34)25(3,4)35-23-14-22(26(28,29)30)31-15-32-23/h5-12,14-15,17,21H,13H2,1-4H3,(H,33,34). The molecule has 1 amide bonds. The number of aryl methyl sites for hydroxylation is 1. The van der Waals surface area contributed by atoms with Gasteiger partial charge in [-0.1, -0.05) is 53.6 Å². The van der Waals surface area contributed by atoms with Crippen LogP contribution in [0.15, 0.2) is 60.9 Å². The van der Waals surface area contributed by atoms with Gasteiger partial charge in [0, 0.05) is 23.0 Å². The summed E-state index contributed by atoms with van der Waals surface area (Å²) >= 11 is 6.03. The minimum atomic E-state index is -4.65. The fourth-order valence-electron chi connectivity index (χ4n) is 3.70. The number of hydrogen-bond donors (Lipinski definition) is 1. The summed E-state index contributed by atoms with van der Waals surface area (Å²) in [6.45, 7) is 6.85. The van der Waals surface area contributed by atoms with E-state index in [-0.39, 0.29) is 17.8 Å². The van der Waals surface area contributed by atoms with Gasteiger partial charge in [-0.2, -0.15) is 13.2 Å². The third-order valence-corrected chi connectivity index (χ3v) is 5.89. The molecule has 0 aliphatic rings. The number of halogens is 4. The number of benzene rings is 2. The maximum atomic E-state index is 13.1. The van der Waals surface area contributed by atoms with Crippen LogP contribution < -0.4 is 10.1 Å². The predicted molar refractivity (Wildman–Crippen MR) is 128 cm³/mol. The van der Waals surface area contributed by atoms with E-state index in [2.05, 4.69) is 21.4 Å². The molecular weight excluding hydrogens is 479 g/mol. The molecular formula is C26H27ClF3N3O2. The first-order valence-electron chi connectivity index (χ1n) is 11.1. The van der Waals surface area contributed by atoms with E-state index in [1.165, 1.54) is 13.8 Å². The van der Waals surface area contributed by atoms with E-state index >= 15 is 0 Å². The number of alkyl halides is 3. The number of carbonyl (C=O) groups excluding carboxylic acids is 1. The molecule has 35 heavy (non-hydrogen) atoms. The molecule has 2 atom stereocenters. The van der Waals surface area contributed by atoms with E-state index < -0.39 is 23.4 Å². The lowest BCUT2D eigenvalue weighted by molar-refractivity contribution is -0.141. The van der Waals surface area contributed by atoms with Crippen molar-refractivity contribution < 1.29 is 22.7 Å². The molecule has 1 heterocycles. The average molecular weight is 506 g/mol. The molecule has 3 rings (SSSR count). The molecule has 2 unspecified atom stereocenters. The number of aromatic nitrogens is 2. The Bertz CT molecular complexity index is 1170. The second-order valence-electron chi connectivity index (χ2n) is 8.96. The zero-order valence-corrected chi connectivity index (χ0v) is 20.6. The van der Waals surface area contributed by atoms with E-state index in [4.69, 9.17) is 16.3 Å². The van der Waals surface area contributed by atoms with Crippen LogP contribution in [0.2, 0.25) is 5.02 Å². The Labute approximate surface area is 207 Å². The number of nitrogens with one attached hydrogen (secondary N) is 1. The molecule has 1 aromatic heterocycles. The molecule has 2 aromatic carbocycles. The number of rotatable bonds is 8. The highest BCUT2D eigenvalue weighted by Crippen LogP contribution is 2.30. The molecule has 186 valence electrons. The van der Waals surface area contributed by atoms with Crippen LogP contribution in [0.5, 0.6) is 5.88 Å². The third-order valence-electron chi connectivity index (χ3n) is 5.64. The Kier molecular flexibility index (Phi) is 8.05. The molecule has 0 spiro atoms. The Morgan fingerprint density at radius 2 is 1.77 bits per heavy atom. The van der Waals surface area contributed by atoms with Gasteiger partial charge in [0.05, 0.1) is 0 Å². The summed E-state index contributed by atoms with van der Waals surface area (Å²) in [7, 11) is 0. The number of hydrogen-bond acceptors (Lipinski definition) is 4. The van der Waals surface area contributed by atoms with E-state index in [9.17, 15) is 18.0 Å². The zero-order valence-electron chi connectivity index (χ0n) is 19.9. The van der Waals surface area contributed by atoms with Crippen molar-refractivity contribution in [2.24, 2.45) is 0 Å². The van der Waals surface area contributed by atoms with Gasteiger partial charge in [-0.05, 0) is 57.4 Å². The van der Waals surface area contributed by atoms with Crippen molar-refractivity contribution in [3.8, 4) is 5.88 Å². The maximum absolute atomic E-state index is 13.1. The topological polar surface area (TPSA) is 64.1 Å². The van der Waals surface area contributed by atoms with Crippen LogP contribution in [0.4, 0.5) is 13.2 Å². The first kappa shape index (κ1) is 26.5. The predicted octanol–water partition coefficient (Wildman–Crippen LogP) is 6.15. The van der Waals surface area contributed by atoms with Gasteiger partial charge >= 0.3 is 6.18 Å². The number of nitrogens with zero attached hydrogens (tertiary/aromatic N) is 2. The molecule has 0 saturated carbocycles. The summed E-state index contributed by atoms with van der Waals surface area (Å²) in [5.74, 6) is -0.894. The lowest BCUT2D eigenvalue weighted by Gasteiger charge is -2.31. The molecule has 0 saturated heterocycles. The van der Waals surface area contributed by atoms with Crippen LogP contribution in [0.3, 0.4) is 0 Å². The largest absolute Gasteiger partial charge is 0.461 e. The van der Waals surface area contributed by atoms with Crippen molar-refractivity contribution in [3.63, 3.8) is 0 Å². The van der Waals surface area contributed by atoms with Gasteiger partial charge in [0.15, 0.2) is 11.3 Å². The molecule has 0 fully saturated rings. The fraction of sp³-hybridized carbons (Fsp3) is 0.346. The summed E-state index contributed by atoms with van der Waals surface area (Å²) in [5.41, 5.74) is 0.572. The van der Waals surface area contributed by atoms with E-state index in [0.717, 1.165) is 23.0 Å². The van der Waals surface area contributed by atoms with E-state index in [0.29, 0.717) is 17.5 Å². The van der Waals surface area contributed by atoms with Crippen molar-refractivity contribution in [2.45, 2.75) is 57.9 Å². The van der Waals surface area contributed by atoms with Crippen LogP contribution in [0.25, 0.3) is 0 Å². The Hall–Kier alpha value is -3.13. The Morgan fingerprint density at radius 3 is 2.40 bits per heavy atom. The number of amides is 1. The molecule has 0 bridgehead atoms. The highest BCUT2D eigenvalue weighted by Gasteiger charge is 2.36. The molecule has 5 nitrogen and oxygen atoms in total. The smallest absolute Gasteiger partial charge is 0.433 e. The number of carbonyl (C=O) groups is 1. The average Bonchev–Trinajstić information content (AvgIpc) is 2.78. The van der Waals surface area contributed by atoms with Gasteiger partial charge in [-0.25, -0.2) is 9.97 Å². The van der Waals surface area contributed by atoms with Crippen LogP contribution >= 0.6 is 11.6 Å².